The van der Waals surface area contributed by atoms with Crippen molar-refractivity contribution < 1.29 is 27.4 Å². The lowest BCUT2D eigenvalue weighted by Crippen LogP contribution is -2.76. The Balaban J connectivity index is 1.80. The van der Waals surface area contributed by atoms with Crippen LogP contribution in [0.25, 0.3) is 0 Å². The molecule has 9 heteroatoms. The number of fused-ring (bicyclic) bond motifs is 1. The third-order valence-corrected chi connectivity index (χ3v) is 13.2. The highest BCUT2D eigenvalue weighted by molar-refractivity contribution is 5.85. The minimum atomic E-state index is -4.49. The van der Waals surface area contributed by atoms with Gasteiger partial charge < -0.3 is 14.4 Å². The van der Waals surface area contributed by atoms with Gasteiger partial charge >= 0.3 is 6.18 Å². The van der Waals surface area contributed by atoms with Crippen molar-refractivity contribution in [1.82, 2.24) is 14.8 Å². The average molecular weight is 680 g/mol. The minimum absolute atomic E-state index is 0.00588. The van der Waals surface area contributed by atoms with E-state index in [0.717, 1.165) is 31.9 Å². The standard InChI is InChI=1S/C39H64F3N3O3/c1-16-29(23(2)3)38(33(46)45-22-28-26(6)30(39(40,41)42)21-43-31(28)19-24(45)4)18-17-32(27(38)7)44(15)36(13)20-25(5)47-35(11,12)37(36,14)48-34(8,9)10/h21,23-25,27,29,32H,16-20,22H2,1-15H3/t24?,25?,27?,29?,32-,36+,37-,38+/m1/s1. The molecule has 2 fully saturated rings. The molecule has 1 saturated carbocycles. The van der Waals surface area contributed by atoms with Crippen LogP contribution in [0, 0.1) is 30.1 Å². The lowest BCUT2D eigenvalue weighted by Gasteiger charge is -2.65. The van der Waals surface area contributed by atoms with E-state index in [4.69, 9.17) is 9.47 Å². The number of alkyl halides is 3. The molecule has 0 N–H and O–H groups in total. The highest BCUT2D eigenvalue weighted by Gasteiger charge is 2.66. The van der Waals surface area contributed by atoms with Crippen LogP contribution in [0.2, 0.25) is 0 Å². The monoisotopic (exact) mass is 679 g/mol. The maximum Gasteiger partial charge on any atom is 0.418 e. The number of aromatic nitrogens is 1. The summed E-state index contributed by atoms with van der Waals surface area (Å²) in [6, 6.07) is -0.0827. The second kappa shape index (κ2) is 12.8. The predicted octanol–water partition coefficient (Wildman–Crippen LogP) is 9.00. The molecule has 1 aromatic heterocycles. The van der Waals surface area contributed by atoms with E-state index in [1.807, 2.05) is 11.8 Å². The van der Waals surface area contributed by atoms with E-state index in [1.165, 1.54) is 6.92 Å². The van der Waals surface area contributed by atoms with Gasteiger partial charge in [0.05, 0.1) is 33.8 Å². The van der Waals surface area contributed by atoms with Crippen molar-refractivity contribution >= 4 is 5.91 Å². The van der Waals surface area contributed by atoms with Crippen molar-refractivity contribution in [3.8, 4) is 0 Å². The summed E-state index contributed by atoms with van der Waals surface area (Å²) in [5, 5.41) is 0. The number of halogens is 3. The number of hydrogen-bond acceptors (Lipinski definition) is 5. The molecular weight excluding hydrogens is 615 g/mol. The summed E-state index contributed by atoms with van der Waals surface area (Å²) in [5.41, 5.74) is -2.09. The molecule has 6 nitrogen and oxygen atoms in total. The molecule has 2 aliphatic heterocycles. The van der Waals surface area contributed by atoms with Gasteiger partial charge in [-0.25, -0.2) is 0 Å². The Morgan fingerprint density at radius 3 is 2.27 bits per heavy atom. The summed E-state index contributed by atoms with van der Waals surface area (Å²) >= 11 is 0. The summed E-state index contributed by atoms with van der Waals surface area (Å²) in [6.07, 6.45) is 0.129. The van der Waals surface area contributed by atoms with E-state index in [1.54, 1.807) is 0 Å². The van der Waals surface area contributed by atoms with Crippen LogP contribution in [0.4, 0.5) is 13.2 Å². The van der Waals surface area contributed by atoms with Gasteiger partial charge in [0, 0.05) is 36.9 Å². The number of hydrogen-bond donors (Lipinski definition) is 0. The molecule has 1 aliphatic carbocycles. The zero-order chi connectivity index (χ0) is 36.6. The fourth-order valence-corrected chi connectivity index (χ4v) is 10.5. The molecule has 1 amide bonds. The van der Waals surface area contributed by atoms with Gasteiger partial charge in [0.15, 0.2) is 0 Å². The van der Waals surface area contributed by atoms with E-state index in [9.17, 15) is 13.2 Å². The average Bonchev–Trinajstić information content (AvgIpc) is 3.26. The molecule has 3 heterocycles. The van der Waals surface area contributed by atoms with Gasteiger partial charge in [-0.05, 0) is 124 Å². The summed E-state index contributed by atoms with van der Waals surface area (Å²) in [5.74, 6) is 0.447. The smallest absolute Gasteiger partial charge is 0.369 e. The molecule has 0 radical (unpaired) electrons. The van der Waals surface area contributed by atoms with Gasteiger partial charge in [0.25, 0.3) is 0 Å². The van der Waals surface area contributed by atoms with Gasteiger partial charge in [-0.15, -0.1) is 0 Å². The number of ether oxygens (including phenoxy) is 2. The van der Waals surface area contributed by atoms with Crippen LogP contribution in [0.3, 0.4) is 0 Å². The number of likely N-dealkylation sites (N-methyl/N-ethyl adjacent to an activating group) is 1. The Morgan fingerprint density at radius 2 is 1.75 bits per heavy atom. The topological polar surface area (TPSA) is 54.9 Å². The highest BCUT2D eigenvalue weighted by Crippen LogP contribution is 2.58. The van der Waals surface area contributed by atoms with Crippen LogP contribution < -0.4 is 0 Å². The molecule has 1 saturated heterocycles. The van der Waals surface area contributed by atoms with E-state index in [-0.39, 0.29) is 54.0 Å². The van der Waals surface area contributed by atoms with Crippen LogP contribution in [0.5, 0.6) is 0 Å². The van der Waals surface area contributed by atoms with Gasteiger partial charge in [0.1, 0.15) is 5.60 Å². The predicted molar refractivity (Wildman–Crippen MR) is 186 cm³/mol. The molecule has 48 heavy (non-hydrogen) atoms. The van der Waals surface area contributed by atoms with Gasteiger partial charge in [-0.2, -0.15) is 13.2 Å². The van der Waals surface area contributed by atoms with E-state index >= 15 is 4.79 Å². The molecule has 3 aliphatic rings. The quantitative estimate of drug-likeness (QED) is 0.288. The second-order valence-electron chi connectivity index (χ2n) is 17.7. The maximum absolute atomic E-state index is 15.4. The van der Waals surface area contributed by atoms with E-state index < -0.39 is 39.5 Å². The summed E-state index contributed by atoms with van der Waals surface area (Å²) < 4.78 is 55.4. The van der Waals surface area contributed by atoms with Crippen molar-refractivity contribution in [3.63, 3.8) is 0 Å². The number of rotatable bonds is 7. The van der Waals surface area contributed by atoms with Crippen molar-refractivity contribution in [2.24, 2.45) is 23.2 Å². The molecule has 1 aromatic rings. The number of pyridine rings is 1. The number of carbonyl (C=O) groups is 1. The fraction of sp³-hybridized carbons (Fsp3) is 0.846. The molecule has 0 aromatic carbocycles. The van der Waals surface area contributed by atoms with E-state index in [0.29, 0.717) is 17.7 Å². The maximum atomic E-state index is 15.4. The lowest BCUT2D eigenvalue weighted by atomic mass is 9.61. The Labute approximate surface area is 288 Å². The van der Waals surface area contributed by atoms with Crippen LogP contribution in [-0.4, -0.2) is 68.3 Å². The Hall–Kier alpha value is -1.71. The van der Waals surface area contributed by atoms with Gasteiger partial charge in [0.2, 0.25) is 5.91 Å². The number of carbonyl (C=O) groups excluding carboxylic acids is 1. The molecule has 0 bridgehead atoms. The third kappa shape index (κ3) is 6.24. The van der Waals surface area contributed by atoms with Crippen LogP contribution in [0.15, 0.2) is 6.20 Å². The highest BCUT2D eigenvalue weighted by atomic mass is 19.4. The second-order valence-corrected chi connectivity index (χ2v) is 17.7. The van der Waals surface area contributed by atoms with Crippen LogP contribution in [-0.2, 0) is 33.4 Å². The summed E-state index contributed by atoms with van der Waals surface area (Å²) in [4.78, 5) is 24.0. The fourth-order valence-electron chi connectivity index (χ4n) is 10.5. The Morgan fingerprint density at radius 1 is 1.15 bits per heavy atom. The molecule has 4 rings (SSSR count). The van der Waals surface area contributed by atoms with Crippen molar-refractivity contribution in [2.75, 3.05) is 7.05 Å². The normalized spacial score (nSPS) is 34.9. The first-order chi connectivity index (χ1) is 21.8. The molecule has 274 valence electrons. The number of nitrogens with zero attached hydrogens (tertiary/aromatic N) is 3. The summed E-state index contributed by atoms with van der Waals surface area (Å²) in [7, 11) is 2.21. The van der Waals surface area contributed by atoms with E-state index in [2.05, 4.69) is 100 Å². The Bertz CT molecular complexity index is 1360. The first-order valence-corrected chi connectivity index (χ1v) is 18.3. The van der Waals surface area contributed by atoms with Crippen LogP contribution in [0.1, 0.15) is 138 Å². The summed E-state index contributed by atoms with van der Waals surface area (Å²) in [6.45, 7) is 29.7. The molecule has 0 spiro atoms. The SMILES string of the molecule is CCC(C(C)C)[C@]1(C(=O)N2Cc3c(ncc(C(F)(F)F)c3C)CC2C)CC[C@@H](N(C)[C@@]2(C)CC(C)OC(C)(C)[C@@]2(C)OC(C)(C)C)C1C. The third-order valence-electron chi connectivity index (χ3n) is 13.2. The molecular formula is C39H64F3N3O3. The van der Waals surface area contributed by atoms with Crippen LogP contribution >= 0.6 is 0 Å². The Kier molecular flexibility index (Phi) is 10.4. The van der Waals surface area contributed by atoms with Crippen molar-refractivity contribution in [1.29, 1.82) is 0 Å². The zero-order valence-electron chi connectivity index (χ0n) is 32.5. The van der Waals surface area contributed by atoms with Gasteiger partial charge in [-0.3, -0.25) is 14.7 Å². The van der Waals surface area contributed by atoms with Crippen molar-refractivity contribution in [3.05, 3.63) is 28.6 Å². The number of amides is 1. The van der Waals surface area contributed by atoms with Gasteiger partial charge in [-0.1, -0.05) is 34.1 Å². The first-order valence-electron chi connectivity index (χ1n) is 18.3. The molecule has 8 atom stereocenters. The zero-order valence-corrected chi connectivity index (χ0v) is 32.5. The first kappa shape index (κ1) is 39.1. The minimum Gasteiger partial charge on any atom is -0.369 e. The molecule has 4 unspecified atom stereocenters. The lowest BCUT2D eigenvalue weighted by molar-refractivity contribution is -0.317. The largest absolute Gasteiger partial charge is 0.418 e. The van der Waals surface area contributed by atoms with Crippen molar-refractivity contribution in [2.45, 2.75) is 182 Å².